The second-order valence-corrected chi connectivity index (χ2v) is 5.56. The van der Waals surface area contributed by atoms with Gasteiger partial charge in [-0.05, 0) is 47.1 Å². The van der Waals surface area contributed by atoms with Crippen LogP contribution < -0.4 is 4.74 Å². The number of ether oxygens (including phenoxy) is 1. The van der Waals surface area contributed by atoms with Crippen LogP contribution in [0.4, 0.5) is 0 Å². The molecule has 0 spiro atoms. The van der Waals surface area contributed by atoms with Crippen LogP contribution in [0.25, 0.3) is 0 Å². The van der Waals surface area contributed by atoms with Gasteiger partial charge in [-0.3, -0.25) is 9.78 Å². The van der Waals surface area contributed by atoms with E-state index >= 15 is 0 Å². The Hall–Kier alpha value is -1.88. The SMILES string of the molecule is C[C@@H](Oc1ccccc1Br)C(=O)N(C)Cc1ccccn1. The third-order valence-corrected chi connectivity index (χ3v) is 3.64. The van der Waals surface area contributed by atoms with Gasteiger partial charge in [-0.2, -0.15) is 0 Å². The number of likely N-dealkylation sites (N-methyl/N-ethyl adjacent to an activating group) is 1. The molecular formula is C16H17BrN2O2. The molecule has 0 bridgehead atoms. The summed E-state index contributed by atoms with van der Waals surface area (Å²) in [4.78, 5) is 18.2. The highest BCUT2D eigenvalue weighted by atomic mass is 79.9. The largest absolute Gasteiger partial charge is 0.480 e. The Morgan fingerprint density at radius 1 is 1.29 bits per heavy atom. The van der Waals surface area contributed by atoms with Crippen LogP contribution in [0.3, 0.4) is 0 Å². The van der Waals surface area contributed by atoms with E-state index in [0.717, 1.165) is 10.2 Å². The molecule has 4 nitrogen and oxygen atoms in total. The van der Waals surface area contributed by atoms with Crippen LogP contribution in [0.2, 0.25) is 0 Å². The van der Waals surface area contributed by atoms with E-state index in [1.54, 1.807) is 25.1 Å². The van der Waals surface area contributed by atoms with Crippen molar-refractivity contribution in [3.63, 3.8) is 0 Å². The molecule has 0 saturated carbocycles. The number of carbonyl (C=O) groups excluding carboxylic acids is 1. The van der Waals surface area contributed by atoms with Gasteiger partial charge >= 0.3 is 0 Å². The fraction of sp³-hybridized carbons (Fsp3) is 0.250. The first-order valence-corrected chi connectivity index (χ1v) is 7.43. The summed E-state index contributed by atoms with van der Waals surface area (Å²) in [5.41, 5.74) is 0.849. The summed E-state index contributed by atoms with van der Waals surface area (Å²) in [6, 6.07) is 13.1. The molecule has 1 aromatic heterocycles. The van der Waals surface area contributed by atoms with Crippen molar-refractivity contribution in [1.29, 1.82) is 0 Å². The molecule has 0 N–H and O–H groups in total. The van der Waals surface area contributed by atoms with Crippen molar-refractivity contribution in [2.45, 2.75) is 19.6 Å². The van der Waals surface area contributed by atoms with Crippen LogP contribution in [0.15, 0.2) is 53.1 Å². The highest BCUT2D eigenvalue weighted by Gasteiger charge is 2.20. The molecule has 1 amide bonds. The summed E-state index contributed by atoms with van der Waals surface area (Å²) >= 11 is 3.40. The van der Waals surface area contributed by atoms with E-state index in [9.17, 15) is 4.79 Å². The van der Waals surface area contributed by atoms with E-state index in [4.69, 9.17) is 4.74 Å². The number of hydrogen-bond acceptors (Lipinski definition) is 3. The molecule has 0 radical (unpaired) electrons. The third-order valence-electron chi connectivity index (χ3n) is 2.99. The molecule has 0 aliphatic heterocycles. The van der Waals surface area contributed by atoms with Gasteiger partial charge in [0.25, 0.3) is 5.91 Å². The van der Waals surface area contributed by atoms with Crippen molar-refractivity contribution in [1.82, 2.24) is 9.88 Å². The zero-order valence-electron chi connectivity index (χ0n) is 12.0. The van der Waals surface area contributed by atoms with E-state index < -0.39 is 6.10 Å². The lowest BCUT2D eigenvalue weighted by atomic mass is 10.3. The van der Waals surface area contributed by atoms with Crippen molar-refractivity contribution in [2.75, 3.05) is 7.05 Å². The number of para-hydroxylation sites is 1. The molecule has 5 heteroatoms. The molecule has 1 atom stereocenters. The Morgan fingerprint density at radius 3 is 2.67 bits per heavy atom. The summed E-state index contributed by atoms with van der Waals surface area (Å²) in [6.45, 7) is 2.21. The van der Waals surface area contributed by atoms with Crippen molar-refractivity contribution in [3.8, 4) is 5.75 Å². The topological polar surface area (TPSA) is 42.4 Å². The van der Waals surface area contributed by atoms with Gasteiger partial charge in [0.1, 0.15) is 5.75 Å². The van der Waals surface area contributed by atoms with Gasteiger partial charge in [0.05, 0.1) is 16.7 Å². The molecule has 1 heterocycles. The molecule has 1 aromatic carbocycles. The highest BCUT2D eigenvalue weighted by Crippen LogP contribution is 2.25. The van der Waals surface area contributed by atoms with E-state index in [0.29, 0.717) is 12.3 Å². The number of aromatic nitrogens is 1. The Balaban J connectivity index is 1.97. The first-order valence-electron chi connectivity index (χ1n) is 6.64. The molecule has 0 aliphatic rings. The van der Waals surface area contributed by atoms with E-state index in [2.05, 4.69) is 20.9 Å². The minimum atomic E-state index is -0.558. The molecule has 21 heavy (non-hydrogen) atoms. The minimum Gasteiger partial charge on any atom is -0.480 e. The number of pyridine rings is 1. The van der Waals surface area contributed by atoms with Crippen LogP contribution in [0.5, 0.6) is 5.75 Å². The summed E-state index contributed by atoms with van der Waals surface area (Å²) in [5, 5.41) is 0. The summed E-state index contributed by atoms with van der Waals surface area (Å²) < 4.78 is 6.54. The predicted molar refractivity (Wildman–Crippen MR) is 84.9 cm³/mol. The van der Waals surface area contributed by atoms with Gasteiger partial charge in [0, 0.05) is 13.2 Å². The van der Waals surface area contributed by atoms with Crippen LogP contribution in [-0.4, -0.2) is 28.9 Å². The number of nitrogens with zero attached hydrogens (tertiary/aromatic N) is 2. The van der Waals surface area contributed by atoms with Crippen LogP contribution >= 0.6 is 15.9 Å². The van der Waals surface area contributed by atoms with Crippen molar-refractivity contribution in [2.24, 2.45) is 0 Å². The monoisotopic (exact) mass is 348 g/mol. The van der Waals surface area contributed by atoms with Gasteiger partial charge in [0.2, 0.25) is 0 Å². The number of rotatable bonds is 5. The quantitative estimate of drug-likeness (QED) is 0.832. The minimum absolute atomic E-state index is 0.0867. The number of benzene rings is 1. The molecule has 110 valence electrons. The molecule has 2 rings (SSSR count). The number of halogens is 1. The number of amides is 1. The van der Waals surface area contributed by atoms with Crippen LogP contribution in [0.1, 0.15) is 12.6 Å². The van der Waals surface area contributed by atoms with Gasteiger partial charge in [-0.15, -0.1) is 0 Å². The zero-order valence-corrected chi connectivity index (χ0v) is 13.6. The lowest BCUT2D eigenvalue weighted by molar-refractivity contribution is -0.137. The lowest BCUT2D eigenvalue weighted by Gasteiger charge is -2.22. The van der Waals surface area contributed by atoms with E-state index in [1.807, 2.05) is 42.5 Å². The number of carbonyl (C=O) groups is 1. The normalized spacial score (nSPS) is 11.8. The Bertz CT molecular complexity index is 604. The van der Waals surface area contributed by atoms with E-state index in [1.165, 1.54) is 0 Å². The van der Waals surface area contributed by atoms with Crippen molar-refractivity contribution >= 4 is 21.8 Å². The summed E-state index contributed by atoms with van der Waals surface area (Å²) in [7, 11) is 1.75. The molecule has 0 unspecified atom stereocenters. The maximum absolute atomic E-state index is 12.3. The van der Waals surface area contributed by atoms with Gasteiger partial charge in [-0.1, -0.05) is 18.2 Å². The van der Waals surface area contributed by atoms with Gasteiger partial charge in [-0.25, -0.2) is 0 Å². The fourth-order valence-electron chi connectivity index (χ4n) is 1.90. The van der Waals surface area contributed by atoms with Crippen LogP contribution in [0, 0.1) is 0 Å². The van der Waals surface area contributed by atoms with Gasteiger partial charge < -0.3 is 9.64 Å². The zero-order chi connectivity index (χ0) is 15.2. The molecule has 0 aliphatic carbocycles. The maximum atomic E-state index is 12.3. The fourth-order valence-corrected chi connectivity index (χ4v) is 2.28. The van der Waals surface area contributed by atoms with Gasteiger partial charge in [0.15, 0.2) is 6.10 Å². The highest BCUT2D eigenvalue weighted by molar-refractivity contribution is 9.10. The Morgan fingerprint density at radius 2 is 2.00 bits per heavy atom. The summed E-state index contributed by atoms with van der Waals surface area (Å²) in [6.07, 6.45) is 1.16. The third kappa shape index (κ3) is 4.29. The van der Waals surface area contributed by atoms with E-state index in [-0.39, 0.29) is 5.91 Å². The maximum Gasteiger partial charge on any atom is 0.263 e. The number of hydrogen-bond donors (Lipinski definition) is 0. The van der Waals surface area contributed by atoms with Crippen molar-refractivity contribution in [3.05, 3.63) is 58.8 Å². The standard InChI is InChI=1S/C16H17BrN2O2/c1-12(21-15-9-4-3-8-14(15)17)16(20)19(2)11-13-7-5-6-10-18-13/h3-10,12H,11H2,1-2H3/t12-/m1/s1. The average molecular weight is 349 g/mol. The molecular weight excluding hydrogens is 332 g/mol. The first-order chi connectivity index (χ1) is 10.1. The Kier molecular flexibility index (Phi) is 5.33. The lowest BCUT2D eigenvalue weighted by Crippen LogP contribution is -2.37. The predicted octanol–water partition coefficient (Wildman–Crippen LogP) is 3.27. The summed E-state index contributed by atoms with van der Waals surface area (Å²) in [5.74, 6) is 0.570. The van der Waals surface area contributed by atoms with Crippen LogP contribution in [-0.2, 0) is 11.3 Å². The Labute approximate surface area is 132 Å². The second-order valence-electron chi connectivity index (χ2n) is 4.71. The van der Waals surface area contributed by atoms with Crippen molar-refractivity contribution < 1.29 is 9.53 Å². The molecule has 2 aromatic rings. The molecule has 0 fully saturated rings. The first kappa shape index (κ1) is 15.5. The molecule has 0 saturated heterocycles. The second kappa shape index (κ2) is 7.22. The smallest absolute Gasteiger partial charge is 0.263 e. The average Bonchev–Trinajstić information content (AvgIpc) is 2.49.